The molecule has 3 aromatic rings. The van der Waals surface area contributed by atoms with Gasteiger partial charge in [-0.3, -0.25) is 0 Å². The van der Waals surface area contributed by atoms with E-state index in [1.54, 1.807) is 0 Å². The molecule has 0 atom stereocenters. The second-order valence-electron chi connectivity index (χ2n) is 6.20. The van der Waals surface area contributed by atoms with Crippen LogP contribution in [0.25, 0.3) is 22.2 Å². The van der Waals surface area contributed by atoms with E-state index in [0.29, 0.717) is 0 Å². The molecule has 1 fully saturated rings. The monoisotopic (exact) mass is 321 g/mol. The van der Waals surface area contributed by atoms with Gasteiger partial charge in [0.15, 0.2) is 0 Å². The standard InChI is InChI=1S/C20H21N3.H2O/c1-22-11-13-23(14-12-22)20-15-19(16-7-3-2-4-8-16)21-18-10-6-5-9-17(18)20;/h2-10,15H,11-14H2,1H3;1H2. The minimum Gasteiger partial charge on any atom is -0.412 e. The van der Waals surface area contributed by atoms with Gasteiger partial charge in [-0.1, -0.05) is 48.5 Å². The van der Waals surface area contributed by atoms with Crippen LogP contribution in [0.3, 0.4) is 0 Å². The van der Waals surface area contributed by atoms with E-state index in [-0.39, 0.29) is 5.48 Å². The fraction of sp³-hybridized carbons (Fsp3) is 0.250. The van der Waals surface area contributed by atoms with E-state index in [4.69, 9.17) is 4.98 Å². The summed E-state index contributed by atoms with van der Waals surface area (Å²) in [4.78, 5) is 9.76. The number of rotatable bonds is 2. The Labute approximate surface area is 142 Å². The van der Waals surface area contributed by atoms with Gasteiger partial charge in [-0.15, -0.1) is 0 Å². The molecule has 1 aromatic heterocycles. The zero-order valence-electron chi connectivity index (χ0n) is 13.9. The minimum absolute atomic E-state index is 0. The van der Waals surface area contributed by atoms with Crippen LogP contribution < -0.4 is 4.90 Å². The molecule has 0 saturated carbocycles. The Bertz CT molecular complexity index is 811. The maximum absolute atomic E-state index is 4.88. The van der Waals surface area contributed by atoms with Crippen LogP contribution in [0.4, 0.5) is 5.69 Å². The molecule has 0 unspecified atom stereocenters. The molecule has 4 nitrogen and oxygen atoms in total. The predicted octanol–water partition coefficient (Wildman–Crippen LogP) is 2.83. The van der Waals surface area contributed by atoms with Crippen molar-refractivity contribution >= 4 is 16.6 Å². The number of pyridine rings is 1. The highest BCUT2D eigenvalue weighted by atomic mass is 16.0. The van der Waals surface area contributed by atoms with Gasteiger partial charge in [-0.05, 0) is 19.2 Å². The van der Waals surface area contributed by atoms with Gasteiger partial charge >= 0.3 is 0 Å². The molecule has 2 heterocycles. The summed E-state index contributed by atoms with van der Waals surface area (Å²) in [5.74, 6) is 0. The topological polar surface area (TPSA) is 50.9 Å². The summed E-state index contributed by atoms with van der Waals surface area (Å²) in [5.41, 5.74) is 4.61. The molecule has 0 aliphatic carbocycles. The lowest BCUT2D eigenvalue weighted by atomic mass is 10.1. The lowest BCUT2D eigenvalue weighted by molar-refractivity contribution is 0.313. The highest BCUT2D eigenvalue weighted by Crippen LogP contribution is 2.31. The van der Waals surface area contributed by atoms with Crippen LogP contribution in [0.5, 0.6) is 0 Å². The highest BCUT2D eigenvalue weighted by Gasteiger charge is 2.17. The molecule has 0 bridgehead atoms. The van der Waals surface area contributed by atoms with E-state index < -0.39 is 0 Å². The van der Waals surface area contributed by atoms with Crippen LogP contribution in [-0.4, -0.2) is 48.6 Å². The third-order valence-electron chi connectivity index (χ3n) is 4.61. The molecule has 0 radical (unpaired) electrons. The number of anilines is 1. The number of hydrogen-bond donors (Lipinski definition) is 0. The van der Waals surface area contributed by atoms with Gasteiger partial charge in [0.05, 0.1) is 11.2 Å². The fourth-order valence-corrected chi connectivity index (χ4v) is 3.22. The molecule has 2 N–H and O–H groups in total. The summed E-state index contributed by atoms with van der Waals surface area (Å²) in [6.07, 6.45) is 0. The molecule has 124 valence electrons. The van der Waals surface area contributed by atoms with E-state index in [9.17, 15) is 0 Å². The van der Waals surface area contributed by atoms with Crippen molar-refractivity contribution in [1.29, 1.82) is 0 Å². The van der Waals surface area contributed by atoms with E-state index in [1.165, 1.54) is 16.6 Å². The molecule has 1 aliphatic heterocycles. The molecule has 24 heavy (non-hydrogen) atoms. The lowest BCUT2D eigenvalue weighted by Crippen LogP contribution is -2.44. The molecule has 2 aromatic carbocycles. The number of fused-ring (bicyclic) bond motifs is 1. The SMILES string of the molecule is CN1CCN(c2cc(-c3ccccc3)nc3ccccc23)CC1.O. The van der Waals surface area contributed by atoms with Gasteiger partial charge in [-0.25, -0.2) is 4.98 Å². The number of hydrogen-bond acceptors (Lipinski definition) is 3. The van der Waals surface area contributed by atoms with Gasteiger partial charge in [0.25, 0.3) is 0 Å². The Balaban J connectivity index is 0.00000169. The third-order valence-corrected chi connectivity index (χ3v) is 4.61. The Kier molecular flexibility index (Phi) is 4.79. The van der Waals surface area contributed by atoms with Gasteiger partial charge in [0.1, 0.15) is 0 Å². The first kappa shape index (κ1) is 16.4. The van der Waals surface area contributed by atoms with Gasteiger partial charge in [0.2, 0.25) is 0 Å². The number of likely N-dealkylation sites (N-methyl/N-ethyl adjacent to an activating group) is 1. The largest absolute Gasteiger partial charge is 0.412 e. The predicted molar refractivity (Wildman–Crippen MR) is 101 cm³/mol. The van der Waals surface area contributed by atoms with Crippen molar-refractivity contribution in [1.82, 2.24) is 9.88 Å². The maximum Gasteiger partial charge on any atom is 0.0730 e. The Morgan fingerprint density at radius 3 is 2.25 bits per heavy atom. The molecule has 1 saturated heterocycles. The van der Waals surface area contributed by atoms with Gasteiger partial charge < -0.3 is 15.3 Å². The van der Waals surface area contributed by atoms with Crippen molar-refractivity contribution in [3.63, 3.8) is 0 Å². The Morgan fingerprint density at radius 1 is 0.833 bits per heavy atom. The molecule has 1 aliphatic rings. The summed E-state index contributed by atoms with van der Waals surface area (Å²) >= 11 is 0. The molecule has 4 heteroatoms. The maximum atomic E-state index is 4.88. The van der Waals surface area contributed by atoms with Crippen molar-refractivity contribution in [3.05, 3.63) is 60.7 Å². The summed E-state index contributed by atoms with van der Waals surface area (Å²) < 4.78 is 0. The lowest BCUT2D eigenvalue weighted by Gasteiger charge is -2.34. The van der Waals surface area contributed by atoms with E-state index >= 15 is 0 Å². The molecule has 4 rings (SSSR count). The molecule has 0 spiro atoms. The molecular formula is C20H23N3O. The number of benzene rings is 2. The first-order chi connectivity index (χ1) is 11.3. The summed E-state index contributed by atoms with van der Waals surface area (Å²) in [6, 6.07) is 21.2. The van der Waals surface area contributed by atoms with Crippen molar-refractivity contribution in [2.75, 3.05) is 38.1 Å². The van der Waals surface area contributed by atoms with Crippen LogP contribution >= 0.6 is 0 Å². The van der Waals surface area contributed by atoms with Crippen molar-refractivity contribution in [2.45, 2.75) is 0 Å². The quantitative estimate of drug-likeness (QED) is 0.729. The summed E-state index contributed by atoms with van der Waals surface area (Å²) in [5, 5.41) is 1.25. The second-order valence-corrected chi connectivity index (χ2v) is 6.20. The van der Waals surface area contributed by atoms with E-state index in [0.717, 1.165) is 37.4 Å². The fourth-order valence-electron chi connectivity index (χ4n) is 3.22. The Hall–Kier alpha value is -2.43. The normalized spacial score (nSPS) is 15.3. The number of aromatic nitrogens is 1. The van der Waals surface area contributed by atoms with E-state index in [1.807, 2.05) is 6.07 Å². The first-order valence-electron chi connectivity index (χ1n) is 8.20. The second kappa shape index (κ2) is 6.99. The number of para-hydroxylation sites is 1. The van der Waals surface area contributed by atoms with Crippen molar-refractivity contribution < 1.29 is 5.48 Å². The third kappa shape index (κ3) is 3.11. The van der Waals surface area contributed by atoms with Crippen LogP contribution in [0.2, 0.25) is 0 Å². The van der Waals surface area contributed by atoms with Gasteiger partial charge in [0, 0.05) is 42.8 Å². The number of piperazine rings is 1. The zero-order chi connectivity index (χ0) is 15.6. The summed E-state index contributed by atoms with van der Waals surface area (Å²) in [7, 11) is 2.19. The van der Waals surface area contributed by atoms with E-state index in [2.05, 4.69) is 71.4 Å². The smallest absolute Gasteiger partial charge is 0.0730 e. The van der Waals surface area contributed by atoms with Crippen molar-refractivity contribution in [2.24, 2.45) is 0 Å². The Morgan fingerprint density at radius 2 is 1.50 bits per heavy atom. The highest BCUT2D eigenvalue weighted by molar-refractivity contribution is 5.94. The molecular weight excluding hydrogens is 298 g/mol. The summed E-state index contributed by atoms with van der Waals surface area (Å²) in [6.45, 7) is 4.35. The minimum atomic E-state index is 0. The number of nitrogens with zero attached hydrogens (tertiary/aromatic N) is 3. The average Bonchev–Trinajstić information content (AvgIpc) is 2.62. The first-order valence-corrected chi connectivity index (χ1v) is 8.20. The van der Waals surface area contributed by atoms with Crippen LogP contribution in [0.15, 0.2) is 60.7 Å². The van der Waals surface area contributed by atoms with Gasteiger partial charge in [-0.2, -0.15) is 0 Å². The average molecular weight is 321 g/mol. The van der Waals surface area contributed by atoms with Crippen LogP contribution in [0, 0.1) is 0 Å². The molecule has 0 amide bonds. The van der Waals surface area contributed by atoms with Crippen molar-refractivity contribution in [3.8, 4) is 11.3 Å². The van der Waals surface area contributed by atoms with Crippen LogP contribution in [-0.2, 0) is 0 Å². The van der Waals surface area contributed by atoms with Crippen LogP contribution in [0.1, 0.15) is 0 Å². The zero-order valence-corrected chi connectivity index (χ0v) is 13.9.